The Morgan fingerprint density at radius 3 is 2.88 bits per heavy atom. The van der Waals surface area contributed by atoms with E-state index in [-0.39, 0.29) is 23.5 Å². The number of aryl methyl sites for hydroxylation is 1. The number of hydrogen-bond donors (Lipinski definition) is 3. The van der Waals surface area contributed by atoms with Crippen molar-refractivity contribution in [2.45, 2.75) is 52.6 Å². The predicted molar refractivity (Wildman–Crippen MR) is 122 cm³/mol. The number of carbonyl (C=O) groups excluding carboxylic acids is 1. The molecule has 0 spiro atoms. The average molecular weight is 443 g/mol. The van der Waals surface area contributed by atoms with Crippen molar-refractivity contribution in [3.63, 3.8) is 0 Å². The third-order valence-corrected chi connectivity index (χ3v) is 4.83. The summed E-state index contributed by atoms with van der Waals surface area (Å²) in [4.78, 5) is 34.7. The fourth-order valence-corrected chi connectivity index (χ4v) is 3.25. The van der Waals surface area contributed by atoms with Gasteiger partial charge in [-0.3, -0.25) is 9.36 Å². The molecule has 0 bridgehead atoms. The molecule has 0 fully saturated rings. The summed E-state index contributed by atoms with van der Waals surface area (Å²) in [6, 6.07) is 7.60. The second-order valence-electron chi connectivity index (χ2n) is 7.50. The summed E-state index contributed by atoms with van der Waals surface area (Å²) in [6.07, 6.45) is 3.53. The molecule has 0 amide bonds. The summed E-state index contributed by atoms with van der Waals surface area (Å²) in [5.41, 5.74) is 7.64. The minimum atomic E-state index is -0.339. The highest BCUT2D eigenvalue weighted by molar-refractivity contribution is 5.81. The molecule has 0 aliphatic carbocycles. The van der Waals surface area contributed by atoms with E-state index in [1.165, 1.54) is 6.92 Å². The number of aromatic nitrogens is 4. The van der Waals surface area contributed by atoms with Crippen LogP contribution in [0.5, 0.6) is 11.8 Å². The van der Waals surface area contributed by atoms with Crippen LogP contribution >= 0.6 is 0 Å². The number of nitrogens with one attached hydrogen (secondary N) is 2. The van der Waals surface area contributed by atoms with E-state index in [1.54, 1.807) is 10.6 Å². The second kappa shape index (κ2) is 11.3. The topological polar surface area (TPSA) is 137 Å². The van der Waals surface area contributed by atoms with E-state index in [1.807, 2.05) is 18.2 Å². The lowest BCUT2D eigenvalue weighted by molar-refractivity contribution is -0.131. The summed E-state index contributed by atoms with van der Waals surface area (Å²) in [6.45, 7) is 5.89. The van der Waals surface area contributed by atoms with Crippen LogP contribution in [0.3, 0.4) is 0 Å². The molecule has 172 valence electrons. The molecule has 2 heterocycles. The van der Waals surface area contributed by atoms with Crippen molar-refractivity contribution in [1.82, 2.24) is 24.8 Å². The molecule has 0 saturated carbocycles. The number of esters is 1. The first-order valence-corrected chi connectivity index (χ1v) is 10.8. The van der Waals surface area contributed by atoms with E-state index in [4.69, 9.17) is 15.2 Å². The van der Waals surface area contributed by atoms with Crippen LogP contribution in [0, 0.1) is 0 Å². The summed E-state index contributed by atoms with van der Waals surface area (Å²) in [5, 5.41) is 3.36. The quantitative estimate of drug-likeness (QED) is 0.221. The van der Waals surface area contributed by atoms with Crippen molar-refractivity contribution in [2.24, 2.45) is 0 Å². The molecule has 0 unspecified atom stereocenters. The summed E-state index contributed by atoms with van der Waals surface area (Å²) in [7, 11) is 0. The highest BCUT2D eigenvalue weighted by atomic mass is 16.5. The number of hydrogen-bond acceptors (Lipinski definition) is 8. The smallest absolute Gasteiger partial charge is 0.327 e. The summed E-state index contributed by atoms with van der Waals surface area (Å²) in [5.74, 6) is 0.402. The fraction of sp³-hybridized carbons (Fsp3) is 0.455. The second-order valence-corrected chi connectivity index (χ2v) is 7.50. The predicted octanol–water partition coefficient (Wildman–Crippen LogP) is 2.38. The maximum absolute atomic E-state index is 12.4. The molecule has 1 aromatic carbocycles. The van der Waals surface area contributed by atoms with E-state index >= 15 is 0 Å². The molecule has 4 N–H and O–H groups in total. The van der Waals surface area contributed by atoms with Gasteiger partial charge in [-0.05, 0) is 43.5 Å². The molecule has 3 rings (SSSR count). The number of unbranched alkanes of at least 4 members (excludes halogenated alkanes) is 2. The first kappa shape index (κ1) is 23.3. The number of benzene rings is 1. The number of rotatable bonds is 12. The van der Waals surface area contributed by atoms with E-state index in [0.717, 1.165) is 37.8 Å². The zero-order chi connectivity index (χ0) is 22.9. The molecule has 0 radical (unpaired) electrons. The number of nitrogens with zero attached hydrogens (tertiary/aromatic N) is 3. The Balaban J connectivity index is 1.51. The van der Waals surface area contributed by atoms with Crippen molar-refractivity contribution >= 4 is 23.0 Å². The van der Waals surface area contributed by atoms with E-state index < -0.39 is 0 Å². The molecular formula is C22H30N6O4. The lowest BCUT2D eigenvalue weighted by Gasteiger charge is -2.08. The Bertz CT molecular complexity index is 1110. The van der Waals surface area contributed by atoms with Crippen molar-refractivity contribution < 1.29 is 14.3 Å². The number of fused-ring (bicyclic) bond motifs is 1. The van der Waals surface area contributed by atoms with Crippen LogP contribution in [0.1, 0.15) is 45.1 Å². The lowest BCUT2D eigenvalue weighted by Crippen LogP contribution is -2.19. The van der Waals surface area contributed by atoms with Crippen molar-refractivity contribution in [2.75, 3.05) is 18.9 Å². The standard InChI is InChI=1S/C22H30N6O4/c1-3-4-12-31-21-26-19(23)18-20(27-21)28(22(30)25-18)11-6-5-10-24-14-16-8-7-9-17(13-16)32-15(2)29/h7-9,13,24H,3-6,10-12,14H2,1-2H3,(H,25,30)(H2,23,26,27). The van der Waals surface area contributed by atoms with Gasteiger partial charge in [0.1, 0.15) is 11.3 Å². The van der Waals surface area contributed by atoms with Crippen LogP contribution < -0.4 is 26.2 Å². The Labute approximate surface area is 186 Å². The van der Waals surface area contributed by atoms with Gasteiger partial charge < -0.3 is 25.5 Å². The van der Waals surface area contributed by atoms with E-state index in [9.17, 15) is 9.59 Å². The van der Waals surface area contributed by atoms with Crippen molar-refractivity contribution in [1.29, 1.82) is 0 Å². The number of anilines is 1. The molecule has 3 aromatic rings. The molecule has 0 aliphatic rings. The molecule has 10 nitrogen and oxygen atoms in total. The highest BCUT2D eigenvalue weighted by Gasteiger charge is 2.14. The summed E-state index contributed by atoms with van der Waals surface area (Å²) < 4.78 is 12.2. The molecule has 0 saturated heterocycles. The third-order valence-electron chi connectivity index (χ3n) is 4.83. The molecule has 2 aromatic heterocycles. The van der Waals surface area contributed by atoms with E-state index in [2.05, 4.69) is 27.2 Å². The molecular weight excluding hydrogens is 412 g/mol. The Kier molecular flexibility index (Phi) is 8.20. The molecule has 0 aliphatic heterocycles. The zero-order valence-corrected chi connectivity index (χ0v) is 18.5. The average Bonchev–Trinajstić information content (AvgIpc) is 3.06. The number of nitrogens with two attached hydrogens (primary N) is 1. The van der Waals surface area contributed by atoms with Gasteiger partial charge in [-0.2, -0.15) is 9.97 Å². The Hall–Kier alpha value is -3.40. The normalized spacial score (nSPS) is 11.1. The van der Waals surface area contributed by atoms with Crippen LogP contribution in [0.15, 0.2) is 29.1 Å². The van der Waals surface area contributed by atoms with Crippen LogP contribution in [-0.2, 0) is 17.9 Å². The number of ether oxygens (including phenoxy) is 2. The van der Waals surface area contributed by atoms with Gasteiger partial charge in [0.2, 0.25) is 0 Å². The van der Waals surface area contributed by atoms with Crippen LogP contribution in [0.2, 0.25) is 0 Å². The molecule has 10 heteroatoms. The van der Waals surface area contributed by atoms with Gasteiger partial charge in [-0.15, -0.1) is 0 Å². The van der Waals surface area contributed by atoms with Gasteiger partial charge >= 0.3 is 17.7 Å². The first-order chi connectivity index (χ1) is 15.5. The van der Waals surface area contributed by atoms with Gasteiger partial charge in [0.05, 0.1) is 6.61 Å². The fourth-order valence-electron chi connectivity index (χ4n) is 3.25. The zero-order valence-electron chi connectivity index (χ0n) is 18.5. The van der Waals surface area contributed by atoms with Crippen LogP contribution in [-0.4, -0.2) is 38.6 Å². The third kappa shape index (κ3) is 6.30. The number of carbonyl (C=O) groups is 1. The maximum atomic E-state index is 12.4. The summed E-state index contributed by atoms with van der Waals surface area (Å²) >= 11 is 0. The number of imidazole rings is 1. The lowest BCUT2D eigenvalue weighted by atomic mass is 10.2. The van der Waals surface area contributed by atoms with Gasteiger partial charge in [-0.1, -0.05) is 25.5 Å². The van der Waals surface area contributed by atoms with Gasteiger partial charge in [0.25, 0.3) is 0 Å². The largest absolute Gasteiger partial charge is 0.463 e. The minimum Gasteiger partial charge on any atom is -0.463 e. The SMILES string of the molecule is CCCCOc1nc(N)c2[nH]c(=O)n(CCCCNCc3cccc(OC(C)=O)c3)c2n1. The first-order valence-electron chi connectivity index (χ1n) is 10.8. The molecule has 0 atom stereocenters. The maximum Gasteiger partial charge on any atom is 0.327 e. The number of aromatic amines is 1. The number of nitrogen functional groups attached to an aromatic ring is 1. The van der Waals surface area contributed by atoms with Gasteiger partial charge in [-0.25, -0.2) is 4.79 Å². The number of H-pyrrole nitrogens is 1. The van der Waals surface area contributed by atoms with Gasteiger partial charge in [0, 0.05) is 20.0 Å². The van der Waals surface area contributed by atoms with Crippen molar-refractivity contribution in [3.8, 4) is 11.8 Å². The van der Waals surface area contributed by atoms with Crippen LogP contribution in [0.25, 0.3) is 11.2 Å². The minimum absolute atomic E-state index is 0.189. The highest BCUT2D eigenvalue weighted by Crippen LogP contribution is 2.18. The van der Waals surface area contributed by atoms with Crippen molar-refractivity contribution in [3.05, 3.63) is 40.3 Å². The van der Waals surface area contributed by atoms with Gasteiger partial charge in [0.15, 0.2) is 11.5 Å². The Morgan fingerprint density at radius 2 is 2.09 bits per heavy atom. The van der Waals surface area contributed by atoms with Crippen LogP contribution in [0.4, 0.5) is 5.82 Å². The Morgan fingerprint density at radius 1 is 1.25 bits per heavy atom. The molecule has 32 heavy (non-hydrogen) atoms. The van der Waals surface area contributed by atoms with E-state index in [0.29, 0.717) is 36.6 Å². The monoisotopic (exact) mass is 442 g/mol.